The van der Waals surface area contributed by atoms with Gasteiger partial charge in [-0.05, 0) is 32.9 Å². The van der Waals surface area contributed by atoms with Crippen LogP contribution in [0, 0.1) is 27.8 Å². The van der Waals surface area contributed by atoms with Crippen molar-refractivity contribution in [3.8, 4) is 0 Å². The molecule has 2 aliphatic rings. The number of nitrogens with one attached hydrogen (secondary N) is 1. The predicted octanol–water partition coefficient (Wildman–Crippen LogP) is 2.69. The predicted molar refractivity (Wildman–Crippen MR) is 85.4 cm³/mol. The lowest BCUT2D eigenvalue weighted by Crippen LogP contribution is -2.38. The van der Waals surface area contributed by atoms with Gasteiger partial charge >= 0.3 is 6.09 Å². The number of nitrogens with zero attached hydrogens (tertiary/aromatic N) is 2. The van der Waals surface area contributed by atoms with Crippen LogP contribution >= 0.6 is 0 Å². The molecule has 1 aromatic rings. The largest absolute Gasteiger partial charge is 0.444 e. The average molecular weight is 337 g/mol. The van der Waals surface area contributed by atoms with Gasteiger partial charge in [-0.1, -0.05) is 0 Å². The smallest absolute Gasteiger partial charge is 0.407 e. The van der Waals surface area contributed by atoms with Crippen LogP contribution in [-0.4, -0.2) is 35.7 Å². The summed E-state index contributed by atoms with van der Waals surface area (Å²) in [4.78, 5) is 24.2. The van der Waals surface area contributed by atoms with E-state index in [4.69, 9.17) is 4.74 Å². The normalized spacial score (nSPS) is 25.2. The van der Waals surface area contributed by atoms with Gasteiger partial charge in [0.25, 0.3) is 5.69 Å². The molecule has 0 radical (unpaired) electrons. The average Bonchev–Trinajstić information content (AvgIpc) is 2.90. The highest BCUT2D eigenvalue weighted by atomic mass is 19.1. The maximum Gasteiger partial charge on any atom is 0.407 e. The third-order valence-corrected chi connectivity index (χ3v) is 4.35. The first-order chi connectivity index (χ1) is 11.2. The summed E-state index contributed by atoms with van der Waals surface area (Å²) in [6.07, 6.45) is -0.443. The van der Waals surface area contributed by atoms with Gasteiger partial charge in [0.2, 0.25) is 0 Å². The second kappa shape index (κ2) is 5.61. The maximum atomic E-state index is 13.2. The Morgan fingerprint density at radius 3 is 2.54 bits per heavy atom. The standard InChI is InChI=1S/C16H20FN3O4/c1-16(2,3)24-15(21)18-14-10-7-19(8-11(10)14)12-5-4-9(17)6-13(12)20(22)23/h4-6,10-11,14H,7-8H2,1-3H3,(H,18,21). The third-order valence-electron chi connectivity index (χ3n) is 4.35. The third kappa shape index (κ3) is 3.27. The lowest BCUT2D eigenvalue weighted by molar-refractivity contribution is -0.384. The minimum absolute atomic E-state index is 0.0376. The van der Waals surface area contributed by atoms with E-state index in [2.05, 4.69) is 5.32 Å². The van der Waals surface area contributed by atoms with Gasteiger partial charge in [-0.2, -0.15) is 0 Å². The first-order valence-corrected chi connectivity index (χ1v) is 7.84. The van der Waals surface area contributed by atoms with Gasteiger partial charge in [-0.3, -0.25) is 10.1 Å². The molecule has 1 saturated carbocycles. The van der Waals surface area contributed by atoms with Crippen molar-refractivity contribution in [2.75, 3.05) is 18.0 Å². The van der Waals surface area contributed by atoms with Gasteiger partial charge in [0, 0.05) is 31.0 Å². The monoisotopic (exact) mass is 337 g/mol. The number of fused-ring (bicyclic) bond motifs is 1. The lowest BCUT2D eigenvalue weighted by Gasteiger charge is -2.23. The number of hydrogen-bond donors (Lipinski definition) is 1. The summed E-state index contributed by atoms with van der Waals surface area (Å²) >= 11 is 0. The van der Waals surface area contributed by atoms with Gasteiger partial charge in [0.05, 0.1) is 11.0 Å². The number of nitro benzene ring substituents is 1. The molecule has 2 atom stereocenters. The zero-order chi connectivity index (χ0) is 17.6. The molecular formula is C16H20FN3O4. The van der Waals surface area contributed by atoms with Gasteiger partial charge in [0.1, 0.15) is 17.1 Å². The van der Waals surface area contributed by atoms with Crippen LogP contribution < -0.4 is 10.2 Å². The van der Waals surface area contributed by atoms with Crippen molar-refractivity contribution in [3.63, 3.8) is 0 Å². The summed E-state index contributed by atoms with van der Waals surface area (Å²) in [6, 6.07) is 3.64. The SMILES string of the molecule is CC(C)(C)OC(=O)NC1C2CN(c3ccc(F)cc3[N+](=O)[O-])CC21. The zero-order valence-electron chi connectivity index (χ0n) is 13.8. The summed E-state index contributed by atoms with van der Waals surface area (Å²) < 4.78 is 18.5. The Labute approximate surface area is 138 Å². The van der Waals surface area contributed by atoms with Crippen LogP contribution in [0.15, 0.2) is 18.2 Å². The van der Waals surface area contributed by atoms with Crippen molar-refractivity contribution >= 4 is 17.5 Å². The van der Waals surface area contributed by atoms with Crippen LogP contribution in [0.3, 0.4) is 0 Å². The van der Waals surface area contributed by atoms with Gasteiger partial charge in [-0.25, -0.2) is 9.18 Å². The van der Waals surface area contributed by atoms with E-state index < -0.39 is 22.4 Å². The number of halogens is 1. The van der Waals surface area contributed by atoms with Crippen molar-refractivity contribution in [3.05, 3.63) is 34.1 Å². The molecule has 0 aromatic heterocycles. The minimum atomic E-state index is -0.626. The van der Waals surface area contributed by atoms with Crippen molar-refractivity contribution in [2.24, 2.45) is 11.8 Å². The molecule has 1 aliphatic carbocycles. The number of benzene rings is 1. The number of hydrogen-bond acceptors (Lipinski definition) is 5. The summed E-state index contributed by atoms with van der Waals surface area (Å²) in [7, 11) is 0. The Kier molecular flexibility index (Phi) is 3.85. The highest BCUT2D eigenvalue weighted by Crippen LogP contribution is 2.48. The molecular weight excluding hydrogens is 317 g/mol. The lowest BCUT2D eigenvalue weighted by atomic mass is 10.2. The number of anilines is 1. The van der Waals surface area contributed by atoms with Gasteiger partial charge < -0.3 is 15.0 Å². The molecule has 0 spiro atoms. The van der Waals surface area contributed by atoms with E-state index in [1.54, 1.807) is 20.8 Å². The maximum absolute atomic E-state index is 13.2. The molecule has 0 bridgehead atoms. The number of alkyl carbamates (subject to hydrolysis) is 1. The first-order valence-electron chi connectivity index (χ1n) is 7.84. The fourth-order valence-electron chi connectivity index (χ4n) is 3.29. The zero-order valence-corrected chi connectivity index (χ0v) is 13.8. The number of carbonyl (C=O) groups is 1. The topological polar surface area (TPSA) is 84.7 Å². The summed E-state index contributed by atoms with van der Waals surface area (Å²) in [5, 5.41) is 14.0. The summed E-state index contributed by atoms with van der Waals surface area (Å²) in [5.41, 5.74) is -0.355. The van der Waals surface area contributed by atoms with Crippen LogP contribution in [0.2, 0.25) is 0 Å². The van der Waals surface area contributed by atoms with E-state index in [1.165, 1.54) is 12.1 Å². The van der Waals surface area contributed by atoms with Crippen molar-refractivity contribution in [1.29, 1.82) is 0 Å². The molecule has 1 aromatic carbocycles. The molecule has 7 nitrogen and oxygen atoms in total. The second-order valence-electron chi connectivity index (χ2n) is 7.29. The van der Waals surface area contributed by atoms with Crippen LogP contribution in [0.5, 0.6) is 0 Å². The van der Waals surface area contributed by atoms with Gasteiger partial charge in [0.15, 0.2) is 0 Å². The fourth-order valence-corrected chi connectivity index (χ4v) is 3.29. The molecule has 3 rings (SSSR count). The molecule has 1 heterocycles. The van der Waals surface area contributed by atoms with E-state index in [0.717, 1.165) is 6.07 Å². The Hall–Kier alpha value is -2.38. The Morgan fingerprint density at radius 1 is 1.38 bits per heavy atom. The van der Waals surface area contributed by atoms with Crippen LogP contribution in [0.25, 0.3) is 0 Å². The van der Waals surface area contributed by atoms with Crippen LogP contribution in [0.1, 0.15) is 20.8 Å². The van der Waals surface area contributed by atoms with Crippen LogP contribution in [-0.2, 0) is 4.74 Å². The molecule has 130 valence electrons. The van der Waals surface area contributed by atoms with Gasteiger partial charge in [-0.15, -0.1) is 0 Å². The van der Waals surface area contributed by atoms with Crippen LogP contribution in [0.4, 0.5) is 20.6 Å². The number of rotatable bonds is 3. The van der Waals surface area contributed by atoms with E-state index in [-0.39, 0.29) is 23.6 Å². The van der Waals surface area contributed by atoms with E-state index in [0.29, 0.717) is 18.8 Å². The Balaban J connectivity index is 1.61. The molecule has 8 heteroatoms. The minimum Gasteiger partial charge on any atom is -0.444 e. The van der Waals surface area contributed by atoms with E-state index in [9.17, 15) is 19.3 Å². The highest BCUT2D eigenvalue weighted by Gasteiger charge is 2.57. The Bertz CT molecular complexity index is 676. The number of amides is 1. The number of nitro groups is 1. The highest BCUT2D eigenvalue weighted by molar-refractivity contribution is 5.69. The quantitative estimate of drug-likeness (QED) is 0.677. The second-order valence-corrected chi connectivity index (χ2v) is 7.29. The Morgan fingerprint density at radius 2 is 2.00 bits per heavy atom. The molecule has 2 fully saturated rings. The molecule has 2 unspecified atom stereocenters. The molecule has 1 N–H and O–H groups in total. The summed E-state index contributed by atoms with van der Waals surface area (Å²) in [5.74, 6) is -0.149. The molecule has 1 amide bonds. The summed E-state index contributed by atoms with van der Waals surface area (Å²) in [6.45, 7) is 6.59. The molecule has 1 saturated heterocycles. The fraction of sp³-hybridized carbons (Fsp3) is 0.562. The number of ether oxygens (including phenoxy) is 1. The van der Waals surface area contributed by atoms with Crippen molar-refractivity contribution < 1.29 is 18.8 Å². The van der Waals surface area contributed by atoms with E-state index in [1.807, 2.05) is 4.90 Å². The molecule has 1 aliphatic heterocycles. The molecule has 24 heavy (non-hydrogen) atoms. The number of carbonyl (C=O) groups excluding carboxylic acids is 1. The van der Waals surface area contributed by atoms with Crippen molar-refractivity contribution in [1.82, 2.24) is 5.32 Å². The van der Waals surface area contributed by atoms with Crippen molar-refractivity contribution in [2.45, 2.75) is 32.4 Å². The van der Waals surface area contributed by atoms with E-state index >= 15 is 0 Å². The number of piperidine rings is 1. The first kappa shape index (κ1) is 16.5.